The van der Waals surface area contributed by atoms with E-state index in [1.807, 2.05) is 36.1 Å². The molecule has 0 fully saturated rings. The molecule has 0 aromatic heterocycles. The van der Waals surface area contributed by atoms with Crippen LogP contribution in [0.5, 0.6) is 0 Å². The Bertz CT molecular complexity index is 390. The fourth-order valence-electron chi connectivity index (χ4n) is 2.04. The monoisotopic (exact) mass is 278 g/mol. The number of carbonyl (C=O) groups is 1. The molecule has 0 spiro atoms. The maximum atomic E-state index is 12.0. The highest BCUT2D eigenvalue weighted by atomic mass is 16.3. The maximum absolute atomic E-state index is 12.0. The highest BCUT2D eigenvalue weighted by molar-refractivity contribution is 5.92. The Morgan fingerprint density at radius 3 is 2.50 bits per heavy atom. The number of unbranched alkanes of at least 4 members (excludes halogenated alkanes) is 2. The first-order valence-electron chi connectivity index (χ1n) is 7.35. The lowest BCUT2D eigenvalue weighted by Gasteiger charge is -2.20. The van der Waals surface area contributed by atoms with Crippen LogP contribution in [-0.2, 0) is 4.79 Å². The summed E-state index contributed by atoms with van der Waals surface area (Å²) in [4.78, 5) is 14.0. The van der Waals surface area contributed by atoms with Crippen LogP contribution in [0.4, 0.5) is 5.69 Å². The van der Waals surface area contributed by atoms with Crippen LogP contribution in [0.15, 0.2) is 24.3 Å². The van der Waals surface area contributed by atoms with Gasteiger partial charge in [-0.15, -0.1) is 0 Å². The highest BCUT2D eigenvalue weighted by Crippen LogP contribution is 2.08. The molecule has 20 heavy (non-hydrogen) atoms. The van der Waals surface area contributed by atoms with E-state index in [4.69, 9.17) is 5.11 Å². The number of rotatable bonds is 9. The van der Waals surface area contributed by atoms with Crippen molar-refractivity contribution in [3.05, 3.63) is 29.8 Å². The molecular formula is C16H26N2O2. The molecule has 0 radical (unpaired) electrons. The van der Waals surface area contributed by atoms with Gasteiger partial charge in [0.05, 0.1) is 13.2 Å². The molecule has 1 aromatic rings. The van der Waals surface area contributed by atoms with Crippen LogP contribution in [0, 0.1) is 6.92 Å². The van der Waals surface area contributed by atoms with E-state index in [1.54, 1.807) is 0 Å². The number of nitrogens with zero attached hydrogens (tertiary/aromatic N) is 1. The molecule has 1 amide bonds. The molecule has 1 rings (SSSR count). The van der Waals surface area contributed by atoms with Crippen LogP contribution < -0.4 is 5.32 Å². The fraction of sp³-hybridized carbons (Fsp3) is 0.562. The maximum Gasteiger partial charge on any atom is 0.238 e. The van der Waals surface area contributed by atoms with Gasteiger partial charge < -0.3 is 10.4 Å². The molecule has 0 aliphatic heterocycles. The van der Waals surface area contributed by atoms with Gasteiger partial charge in [0.25, 0.3) is 0 Å². The van der Waals surface area contributed by atoms with Gasteiger partial charge in [-0.25, -0.2) is 0 Å². The Hall–Kier alpha value is -1.39. The Morgan fingerprint density at radius 1 is 1.20 bits per heavy atom. The van der Waals surface area contributed by atoms with Crippen molar-refractivity contribution in [1.29, 1.82) is 0 Å². The summed E-state index contributed by atoms with van der Waals surface area (Å²) in [5.74, 6) is -0.0289. The van der Waals surface area contributed by atoms with Gasteiger partial charge in [0.2, 0.25) is 5.91 Å². The third-order valence-corrected chi connectivity index (χ3v) is 3.20. The predicted octanol–water partition coefficient (Wildman–Crippen LogP) is 2.42. The SMILES string of the molecule is CCCCCN(CCO)CC(=O)Nc1ccc(C)cc1. The number of benzene rings is 1. The van der Waals surface area contributed by atoms with Crippen molar-refractivity contribution in [1.82, 2.24) is 4.90 Å². The van der Waals surface area contributed by atoms with Gasteiger partial charge in [0.15, 0.2) is 0 Å². The third kappa shape index (κ3) is 6.68. The minimum absolute atomic E-state index is 0.0289. The van der Waals surface area contributed by atoms with Gasteiger partial charge in [0.1, 0.15) is 0 Å². The van der Waals surface area contributed by atoms with E-state index in [0.29, 0.717) is 13.1 Å². The summed E-state index contributed by atoms with van der Waals surface area (Å²) in [7, 11) is 0. The Labute approximate surface area is 121 Å². The molecule has 2 N–H and O–H groups in total. The summed E-state index contributed by atoms with van der Waals surface area (Å²) in [5.41, 5.74) is 1.99. The van der Waals surface area contributed by atoms with Gasteiger partial charge in [-0.3, -0.25) is 9.69 Å². The van der Waals surface area contributed by atoms with Crippen molar-refractivity contribution >= 4 is 11.6 Å². The zero-order valence-corrected chi connectivity index (χ0v) is 12.6. The van der Waals surface area contributed by atoms with E-state index in [-0.39, 0.29) is 12.5 Å². The number of carbonyl (C=O) groups excluding carboxylic acids is 1. The van der Waals surface area contributed by atoms with Crippen molar-refractivity contribution in [2.45, 2.75) is 33.1 Å². The number of anilines is 1. The summed E-state index contributed by atoms with van der Waals surface area (Å²) in [5, 5.41) is 11.9. The van der Waals surface area contributed by atoms with Crippen LogP contribution in [0.3, 0.4) is 0 Å². The topological polar surface area (TPSA) is 52.6 Å². The minimum atomic E-state index is -0.0289. The number of amides is 1. The number of aryl methyl sites for hydroxylation is 1. The van der Waals surface area contributed by atoms with Gasteiger partial charge in [-0.05, 0) is 32.0 Å². The molecule has 0 saturated heterocycles. The highest BCUT2D eigenvalue weighted by Gasteiger charge is 2.10. The van der Waals surface area contributed by atoms with Gasteiger partial charge in [-0.1, -0.05) is 37.5 Å². The lowest BCUT2D eigenvalue weighted by molar-refractivity contribution is -0.117. The number of hydrogen-bond donors (Lipinski definition) is 2. The molecule has 1 aromatic carbocycles. The fourth-order valence-corrected chi connectivity index (χ4v) is 2.04. The quantitative estimate of drug-likeness (QED) is 0.682. The summed E-state index contributed by atoms with van der Waals surface area (Å²) < 4.78 is 0. The second-order valence-electron chi connectivity index (χ2n) is 5.12. The van der Waals surface area contributed by atoms with Gasteiger partial charge >= 0.3 is 0 Å². The molecule has 112 valence electrons. The molecule has 0 aliphatic rings. The Balaban J connectivity index is 2.42. The van der Waals surface area contributed by atoms with Crippen LogP contribution in [0.2, 0.25) is 0 Å². The normalized spacial score (nSPS) is 10.8. The summed E-state index contributed by atoms with van der Waals surface area (Å²) in [6.07, 6.45) is 3.37. The average molecular weight is 278 g/mol. The van der Waals surface area contributed by atoms with E-state index in [9.17, 15) is 4.79 Å². The molecule has 0 unspecified atom stereocenters. The molecule has 4 heteroatoms. The summed E-state index contributed by atoms with van der Waals surface area (Å²) >= 11 is 0. The molecule has 0 atom stereocenters. The van der Waals surface area contributed by atoms with E-state index >= 15 is 0 Å². The average Bonchev–Trinajstić information content (AvgIpc) is 2.42. The van der Waals surface area contributed by atoms with E-state index < -0.39 is 0 Å². The standard InChI is InChI=1S/C16H26N2O2/c1-3-4-5-10-18(11-12-19)13-16(20)17-15-8-6-14(2)7-9-15/h6-9,19H,3-5,10-13H2,1-2H3,(H,17,20). The van der Waals surface area contributed by atoms with Crippen LogP contribution in [0.1, 0.15) is 31.7 Å². The van der Waals surface area contributed by atoms with E-state index in [2.05, 4.69) is 12.2 Å². The molecule has 0 saturated carbocycles. The third-order valence-electron chi connectivity index (χ3n) is 3.20. The predicted molar refractivity (Wildman–Crippen MR) is 82.9 cm³/mol. The molecule has 4 nitrogen and oxygen atoms in total. The summed E-state index contributed by atoms with van der Waals surface area (Å²) in [6.45, 7) is 5.99. The summed E-state index contributed by atoms with van der Waals surface area (Å²) in [6, 6.07) is 7.76. The van der Waals surface area contributed by atoms with Gasteiger partial charge in [0, 0.05) is 12.2 Å². The van der Waals surface area contributed by atoms with Crippen molar-refractivity contribution in [3.8, 4) is 0 Å². The van der Waals surface area contributed by atoms with Crippen molar-refractivity contribution in [2.24, 2.45) is 0 Å². The van der Waals surface area contributed by atoms with Gasteiger partial charge in [-0.2, -0.15) is 0 Å². The van der Waals surface area contributed by atoms with Crippen LogP contribution >= 0.6 is 0 Å². The number of hydrogen-bond acceptors (Lipinski definition) is 3. The lowest BCUT2D eigenvalue weighted by Crippen LogP contribution is -2.36. The van der Waals surface area contributed by atoms with E-state index in [0.717, 1.165) is 31.5 Å². The zero-order chi connectivity index (χ0) is 14.8. The molecule has 0 heterocycles. The smallest absolute Gasteiger partial charge is 0.238 e. The van der Waals surface area contributed by atoms with Crippen molar-refractivity contribution in [2.75, 3.05) is 31.6 Å². The van der Waals surface area contributed by atoms with Crippen molar-refractivity contribution < 1.29 is 9.90 Å². The minimum Gasteiger partial charge on any atom is -0.395 e. The molecular weight excluding hydrogens is 252 g/mol. The van der Waals surface area contributed by atoms with Crippen LogP contribution in [0.25, 0.3) is 0 Å². The number of nitrogens with one attached hydrogen (secondary N) is 1. The number of aliphatic hydroxyl groups is 1. The lowest BCUT2D eigenvalue weighted by atomic mass is 10.2. The molecule has 0 aliphatic carbocycles. The first-order valence-corrected chi connectivity index (χ1v) is 7.35. The van der Waals surface area contributed by atoms with E-state index in [1.165, 1.54) is 5.56 Å². The second kappa shape index (κ2) is 9.50. The van der Waals surface area contributed by atoms with Crippen molar-refractivity contribution in [3.63, 3.8) is 0 Å². The second-order valence-corrected chi connectivity index (χ2v) is 5.12. The Kier molecular flexibility index (Phi) is 7.92. The van der Waals surface area contributed by atoms with Crippen LogP contribution in [-0.4, -0.2) is 42.2 Å². The first-order chi connectivity index (χ1) is 9.65. The first kappa shape index (κ1) is 16.7. The molecule has 0 bridgehead atoms. The zero-order valence-electron chi connectivity index (χ0n) is 12.6. The largest absolute Gasteiger partial charge is 0.395 e. The Morgan fingerprint density at radius 2 is 1.90 bits per heavy atom. The number of aliphatic hydroxyl groups excluding tert-OH is 1.